The second kappa shape index (κ2) is 3.86. The van der Waals surface area contributed by atoms with Crippen molar-refractivity contribution in [2.45, 2.75) is 5.03 Å². The van der Waals surface area contributed by atoms with Crippen molar-refractivity contribution in [2.24, 2.45) is 0 Å². The smallest absolute Gasteiger partial charge is 0.128 e. The van der Waals surface area contributed by atoms with E-state index in [-0.39, 0.29) is 29.6 Å². The molecule has 0 fully saturated rings. The molecule has 0 spiro atoms. The van der Waals surface area contributed by atoms with Crippen molar-refractivity contribution >= 4 is 53.7 Å². The van der Waals surface area contributed by atoms with Crippen molar-refractivity contribution < 1.29 is 0 Å². The molecule has 0 amide bonds. The second-order valence-electron chi connectivity index (χ2n) is 0.763. The number of nitrogens with zero attached hydrogens (tertiary/aromatic N) is 2. The van der Waals surface area contributed by atoms with Crippen LogP contribution in [0.3, 0.4) is 0 Å². The van der Waals surface area contributed by atoms with Crippen LogP contribution in [0.1, 0.15) is 0 Å². The van der Waals surface area contributed by atoms with Crippen molar-refractivity contribution in [2.75, 3.05) is 0 Å². The second-order valence-corrected chi connectivity index (χ2v) is 1.83. The van der Waals surface area contributed by atoms with Gasteiger partial charge in [0.15, 0.2) is 0 Å². The summed E-state index contributed by atoms with van der Waals surface area (Å²) < 4.78 is 3.54. The molecule has 0 aliphatic heterocycles. The Bertz CT molecular complexity index is 117. The molecule has 1 aromatic heterocycles. The zero-order chi connectivity index (χ0) is 4.41. The van der Waals surface area contributed by atoms with E-state index < -0.39 is 0 Å². The zero-order valence-electron chi connectivity index (χ0n) is 3.83. The summed E-state index contributed by atoms with van der Waals surface area (Å²) >= 11 is 5.17. The zero-order valence-corrected chi connectivity index (χ0v) is 7.54. The molecule has 0 aliphatic rings. The molecule has 0 unspecified atom stereocenters. The fraction of sp³-hybridized carbons (Fsp3) is 0. The summed E-state index contributed by atoms with van der Waals surface area (Å²) in [5.74, 6) is 0. The average Bonchev–Trinajstić information content (AvgIpc) is 1.86. The van der Waals surface area contributed by atoms with E-state index in [4.69, 9.17) is 0 Å². The van der Waals surface area contributed by atoms with Gasteiger partial charge in [-0.15, -0.1) is 17.7 Å². The van der Waals surface area contributed by atoms with E-state index >= 15 is 0 Å². The Hall–Kier alpha value is 0.910. The van der Waals surface area contributed by atoms with Crippen LogP contribution < -0.4 is 0 Å². The van der Waals surface area contributed by atoms with Crippen LogP contribution in [-0.4, -0.2) is 39.1 Å². The maximum Gasteiger partial charge on any atom is 0.128 e. The van der Waals surface area contributed by atoms with Gasteiger partial charge >= 0.3 is 0 Å². The largest absolute Gasteiger partial charge is 0.132 e. The van der Waals surface area contributed by atoms with Crippen LogP contribution in [0.5, 0.6) is 0 Å². The van der Waals surface area contributed by atoms with Crippen LogP contribution in [0.25, 0.3) is 0 Å². The molecule has 1 rings (SSSR count). The molecular weight excluding hydrogens is 139 g/mol. The van der Waals surface area contributed by atoms with Gasteiger partial charge in [0, 0.05) is 34.9 Å². The average molecular weight is 141 g/mol. The number of hydrogen-bond donors (Lipinski definition) is 1. The first kappa shape index (κ1) is 7.91. The fourth-order valence-electron chi connectivity index (χ4n) is 0.160. The van der Waals surface area contributed by atoms with E-state index in [1.54, 1.807) is 5.38 Å². The first-order chi connectivity index (χ1) is 2.89. The van der Waals surface area contributed by atoms with Crippen LogP contribution in [0.2, 0.25) is 0 Å². The van der Waals surface area contributed by atoms with Crippen LogP contribution in [0.4, 0.5) is 0 Å². The molecule has 0 aliphatic carbocycles. The predicted octanol–water partition coefficient (Wildman–Crippen LogP) is 0.446. The molecule has 0 saturated carbocycles. The third-order valence-electron chi connectivity index (χ3n) is 0.349. The third-order valence-corrected chi connectivity index (χ3v) is 1.25. The summed E-state index contributed by atoms with van der Waals surface area (Å²) in [5.41, 5.74) is 0. The van der Waals surface area contributed by atoms with Gasteiger partial charge in [0.1, 0.15) is 5.03 Å². The molecule has 0 bridgehead atoms. The summed E-state index contributed by atoms with van der Waals surface area (Å²) in [6, 6.07) is 0. The Labute approximate surface area is 73.2 Å². The monoisotopic (exact) mass is 141 g/mol. The minimum Gasteiger partial charge on any atom is -0.132 e. The molecule has 2 nitrogen and oxygen atoms in total. The van der Waals surface area contributed by atoms with Crippen molar-refractivity contribution in [1.82, 2.24) is 9.59 Å². The molecule has 5 heteroatoms. The summed E-state index contributed by atoms with van der Waals surface area (Å²) in [6.07, 6.45) is 0. The van der Waals surface area contributed by atoms with Gasteiger partial charge in [-0.2, -0.15) is 0 Å². The number of thiol groups is 1. The molecule has 33 valence electrons. The van der Waals surface area contributed by atoms with E-state index in [0.29, 0.717) is 5.03 Å². The molecule has 7 heavy (non-hydrogen) atoms. The predicted molar refractivity (Wildman–Crippen MR) is 32.9 cm³/mol. The van der Waals surface area contributed by atoms with E-state index in [9.17, 15) is 0 Å². The third kappa shape index (κ3) is 2.66. The normalized spacial score (nSPS) is 7.57. The maximum atomic E-state index is 3.87. The van der Waals surface area contributed by atoms with Crippen molar-refractivity contribution in [3.63, 3.8) is 0 Å². The van der Waals surface area contributed by atoms with Gasteiger partial charge in [-0.25, -0.2) is 0 Å². The maximum absolute atomic E-state index is 3.87. The fourth-order valence-corrected chi connectivity index (χ4v) is 0.730. The minimum absolute atomic E-state index is 0. The van der Waals surface area contributed by atoms with Gasteiger partial charge in [-0.05, 0) is 11.5 Å². The molecule has 0 N–H and O–H groups in total. The molecule has 1 heterocycles. The van der Waals surface area contributed by atoms with Gasteiger partial charge in [-0.3, -0.25) is 0 Å². The van der Waals surface area contributed by atoms with E-state index in [1.165, 1.54) is 11.5 Å². The van der Waals surface area contributed by atoms with Crippen LogP contribution >= 0.6 is 24.2 Å². The van der Waals surface area contributed by atoms with Crippen LogP contribution in [-0.2, 0) is 0 Å². The van der Waals surface area contributed by atoms with Gasteiger partial charge in [0.25, 0.3) is 0 Å². The first-order valence-electron chi connectivity index (χ1n) is 1.35. The van der Waals surface area contributed by atoms with Crippen molar-refractivity contribution in [3.05, 3.63) is 5.38 Å². The molecule has 1 aromatic rings. The van der Waals surface area contributed by atoms with Crippen molar-refractivity contribution in [1.29, 1.82) is 0 Å². The van der Waals surface area contributed by atoms with Gasteiger partial charge in [0.2, 0.25) is 0 Å². The summed E-state index contributed by atoms with van der Waals surface area (Å²) in [6.45, 7) is 0. The first-order valence-corrected chi connectivity index (χ1v) is 2.64. The summed E-state index contributed by atoms with van der Waals surface area (Å²) in [7, 11) is 0. The quantitative estimate of drug-likeness (QED) is 0.419. The Morgan fingerprint density at radius 3 is 2.57 bits per heavy atom. The topological polar surface area (TPSA) is 25.8 Å². The Kier molecular flexibility index (Phi) is 4.36. The Morgan fingerprint density at radius 1 is 1.71 bits per heavy atom. The van der Waals surface area contributed by atoms with Crippen LogP contribution in [0, 0.1) is 0 Å². The number of rotatable bonds is 0. The van der Waals surface area contributed by atoms with Crippen molar-refractivity contribution in [3.8, 4) is 0 Å². The van der Waals surface area contributed by atoms with Crippen LogP contribution in [0.15, 0.2) is 10.4 Å². The minimum atomic E-state index is 0. The molecule has 1 radical (unpaired) electrons. The standard InChI is InChI=1S/C2H2N2S2.Na/c5-2-1-6-4-3-2;/h1,5H;. The number of aromatic nitrogens is 2. The Morgan fingerprint density at radius 2 is 2.43 bits per heavy atom. The van der Waals surface area contributed by atoms with Gasteiger partial charge in [-0.1, -0.05) is 4.49 Å². The molecule has 0 atom stereocenters. The van der Waals surface area contributed by atoms with E-state index in [1.807, 2.05) is 0 Å². The SMILES string of the molecule is Sc1csnn1.[Na]. The molecule has 0 aromatic carbocycles. The summed E-state index contributed by atoms with van der Waals surface area (Å²) in [5, 5.41) is 6.01. The van der Waals surface area contributed by atoms with Gasteiger partial charge in [0.05, 0.1) is 0 Å². The summed E-state index contributed by atoms with van der Waals surface area (Å²) in [4.78, 5) is 0. The molecular formula is C2H2N2NaS2. The molecule has 0 saturated heterocycles. The Balaban J connectivity index is 0.000000360. The van der Waals surface area contributed by atoms with Gasteiger partial charge < -0.3 is 0 Å². The van der Waals surface area contributed by atoms with E-state index in [0.717, 1.165) is 0 Å². The van der Waals surface area contributed by atoms with E-state index in [2.05, 4.69) is 22.2 Å². The number of hydrogen-bond acceptors (Lipinski definition) is 4.